The van der Waals surface area contributed by atoms with Crippen molar-refractivity contribution in [1.82, 2.24) is 19.9 Å². The first kappa shape index (κ1) is 18.9. The lowest BCUT2D eigenvalue weighted by Crippen LogP contribution is -2.35. The number of likely N-dealkylation sites (tertiary alicyclic amines) is 1. The number of rotatable bonds is 7. The third-order valence-electron chi connectivity index (χ3n) is 4.82. The second-order valence-corrected chi connectivity index (χ2v) is 7.18. The molecule has 24 heavy (non-hydrogen) atoms. The number of carbonyl (C=O) groups excluding carboxylic acids is 1. The van der Waals surface area contributed by atoms with E-state index in [9.17, 15) is 9.90 Å². The quantitative estimate of drug-likeness (QED) is 0.779. The van der Waals surface area contributed by atoms with Gasteiger partial charge in [-0.1, -0.05) is 5.16 Å². The van der Waals surface area contributed by atoms with Crippen molar-refractivity contribution in [3.63, 3.8) is 0 Å². The third-order valence-corrected chi connectivity index (χ3v) is 4.82. The Morgan fingerprint density at radius 3 is 2.46 bits per heavy atom. The standard InChI is InChI=1S/C17H30N4O3/c1-12-16(13(2)24-18-12)17(23)21-9-14(15(10-21)11-22)8-20(5)7-6-19(3)4/h14-15,22H,6-11H2,1-5H3. The molecule has 1 saturated heterocycles. The number of nitrogens with zero attached hydrogens (tertiary/aromatic N) is 4. The molecule has 7 heteroatoms. The summed E-state index contributed by atoms with van der Waals surface area (Å²) < 4.78 is 5.12. The molecule has 1 N–H and O–H groups in total. The summed E-state index contributed by atoms with van der Waals surface area (Å²) in [5.41, 5.74) is 1.19. The molecule has 1 fully saturated rings. The number of likely N-dealkylation sites (N-methyl/N-ethyl adjacent to an activating group) is 2. The summed E-state index contributed by atoms with van der Waals surface area (Å²) in [5.74, 6) is 0.926. The van der Waals surface area contributed by atoms with E-state index in [0.717, 1.165) is 19.6 Å². The maximum Gasteiger partial charge on any atom is 0.259 e. The molecule has 2 unspecified atom stereocenters. The molecular formula is C17H30N4O3. The first-order chi connectivity index (χ1) is 11.3. The fourth-order valence-corrected chi connectivity index (χ4v) is 3.33. The van der Waals surface area contributed by atoms with E-state index in [4.69, 9.17) is 4.52 Å². The highest BCUT2D eigenvalue weighted by atomic mass is 16.5. The van der Waals surface area contributed by atoms with Gasteiger partial charge in [-0.15, -0.1) is 0 Å². The van der Waals surface area contributed by atoms with Gasteiger partial charge >= 0.3 is 0 Å². The van der Waals surface area contributed by atoms with Crippen LogP contribution in [0.25, 0.3) is 0 Å². The third kappa shape index (κ3) is 4.34. The Morgan fingerprint density at radius 1 is 1.25 bits per heavy atom. The molecule has 0 radical (unpaired) electrons. The number of hydrogen-bond donors (Lipinski definition) is 1. The molecule has 1 aromatic rings. The molecule has 1 aliphatic heterocycles. The minimum atomic E-state index is -0.0388. The van der Waals surface area contributed by atoms with Crippen molar-refractivity contribution in [3.8, 4) is 0 Å². The number of carbonyl (C=O) groups is 1. The van der Waals surface area contributed by atoms with Crippen LogP contribution in [0.1, 0.15) is 21.8 Å². The van der Waals surface area contributed by atoms with Crippen molar-refractivity contribution in [2.24, 2.45) is 11.8 Å². The molecule has 0 saturated carbocycles. The van der Waals surface area contributed by atoms with Crippen LogP contribution < -0.4 is 0 Å². The van der Waals surface area contributed by atoms with Gasteiger partial charge in [0.15, 0.2) is 0 Å². The number of amides is 1. The molecular weight excluding hydrogens is 308 g/mol. The fraction of sp³-hybridized carbons (Fsp3) is 0.765. The lowest BCUT2D eigenvalue weighted by molar-refractivity contribution is 0.0777. The van der Waals surface area contributed by atoms with Gasteiger partial charge in [0.1, 0.15) is 11.3 Å². The monoisotopic (exact) mass is 338 g/mol. The topological polar surface area (TPSA) is 73.0 Å². The van der Waals surface area contributed by atoms with Crippen molar-refractivity contribution in [2.45, 2.75) is 13.8 Å². The molecule has 2 atom stereocenters. The first-order valence-corrected chi connectivity index (χ1v) is 8.49. The minimum Gasteiger partial charge on any atom is -0.396 e. The first-order valence-electron chi connectivity index (χ1n) is 8.49. The number of aryl methyl sites for hydroxylation is 2. The zero-order valence-electron chi connectivity index (χ0n) is 15.4. The van der Waals surface area contributed by atoms with E-state index >= 15 is 0 Å². The molecule has 1 amide bonds. The Kier molecular flexibility index (Phi) is 6.37. The van der Waals surface area contributed by atoms with Gasteiger partial charge < -0.3 is 24.3 Å². The van der Waals surface area contributed by atoms with Gasteiger partial charge in [0, 0.05) is 45.2 Å². The number of aromatic nitrogens is 1. The second-order valence-electron chi connectivity index (χ2n) is 7.18. The number of hydrogen-bond acceptors (Lipinski definition) is 6. The molecule has 2 rings (SSSR count). The van der Waals surface area contributed by atoms with E-state index in [-0.39, 0.29) is 24.3 Å². The summed E-state index contributed by atoms with van der Waals surface area (Å²) >= 11 is 0. The van der Waals surface area contributed by atoms with E-state index in [0.29, 0.717) is 30.1 Å². The summed E-state index contributed by atoms with van der Waals surface area (Å²) in [6.45, 7) is 7.76. The summed E-state index contributed by atoms with van der Waals surface area (Å²) in [5, 5.41) is 13.6. The lowest BCUT2D eigenvalue weighted by atomic mass is 9.96. The van der Waals surface area contributed by atoms with Crippen LogP contribution in [0.3, 0.4) is 0 Å². The molecule has 7 nitrogen and oxygen atoms in total. The van der Waals surface area contributed by atoms with Gasteiger partial charge in [-0.2, -0.15) is 0 Å². The zero-order chi connectivity index (χ0) is 17.9. The Hall–Kier alpha value is -1.44. The Labute approximate surface area is 144 Å². The second kappa shape index (κ2) is 8.09. The molecule has 0 aliphatic carbocycles. The molecule has 2 heterocycles. The normalized spacial score (nSPS) is 21.2. The van der Waals surface area contributed by atoms with Crippen molar-refractivity contribution in [3.05, 3.63) is 17.0 Å². The highest BCUT2D eigenvalue weighted by Gasteiger charge is 2.37. The average Bonchev–Trinajstić information content (AvgIpc) is 3.08. The van der Waals surface area contributed by atoms with Crippen molar-refractivity contribution in [2.75, 3.05) is 60.5 Å². The predicted molar refractivity (Wildman–Crippen MR) is 92.0 cm³/mol. The van der Waals surface area contributed by atoms with Gasteiger partial charge in [-0.3, -0.25) is 4.79 Å². The van der Waals surface area contributed by atoms with Crippen molar-refractivity contribution >= 4 is 5.91 Å². The van der Waals surface area contributed by atoms with Crippen LogP contribution in [0.4, 0.5) is 0 Å². The van der Waals surface area contributed by atoms with E-state index in [1.807, 2.05) is 4.90 Å². The van der Waals surface area contributed by atoms with E-state index in [2.05, 4.69) is 36.1 Å². The van der Waals surface area contributed by atoms with Gasteiger partial charge in [0.25, 0.3) is 5.91 Å². The van der Waals surface area contributed by atoms with Crippen LogP contribution in [0.15, 0.2) is 4.52 Å². The van der Waals surface area contributed by atoms with Crippen LogP contribution in [-0.4, -0.2) is 91.3 Å². The van der Waals surface area contributed by atoms with E-state index < -0.39 is 0 Å². The zero-order valence-corrected chi connectivity index (χ0v) is 15.4. The largest absolute Gasteiger partial charge is 0.396 e. The van der Waals surface area contributed by atoms with Gasteiger partial charge in [0.2, 0.25) is 0 Å². The minimum absolute atomic E-state index is 0.0388. The van der Waals surface area contributed by atoms with Crippen molar-refractivity contribution in [1.29, 1.82) is 0 Å². The molecule has 0 aromatic carbocycles. The SMILES string of the molecule is Cc1noc(C)c1C(=O)N1CC(CO)C(CN(C)CCN(C)C)C1. The average molecular weight is 338 g/mol. The molecule has 0 bridgehead atoms. The summed E-state index contributed by atoms with van der Waals surface area (Å²) in [7, 11) is 6.21. The molecule has 0 spiro atoms. The lowest BCUT2D eigenvalue weighted by Gasteiger charge is -2.25. The van der Waals surface area contributed by atoms with Crippen LogP contribution in [0.5, 0.6) is 0 Å². The maximum atomic E-state index is 12.8. The van der Waals surface area contributed by atoms with Crippen molar-refractivity contribution < 1.29 is 14.4 Å². The van der Waals surface area contributed by atoms with Crippen LogP contribution in [-0.2, 0) is 0 Å². The van der Waals surface area contributed by atoms with Gasteiger partial charge in [-0.05, 0) is 40.9 Å². The predicted octanol–water partition coefficient (Wildman–Crippen LogP) is 0.465. The highest BCUT2D eigenvalue weighted by Crippen LogP contribution is 2.27. The van der Waals surface area contributed by atoms with Crippen LogP contribution >= 0.6 is 0 Å². The summed E-state index contributed by atoms with van der Waals surface area (Å²) in [6.07, 6.45) is 0. The number of aliphatic hydroxyl groups excluding tert-OH is 1. The van der Waals surface area contributed by atoms with E-state index in [1.165, 1.54) is 0 Å². The Bertz CT molecular complexity index is 539. The number of aliphatic hydroxyl groups is 1. The van der Waals surface area contributed by atoms with Crippen LogP contribution in [0, 0.1) is 25.7 Å². The molecule has 1 aromatic heterocycles. The Balaban J connectivity index is 1.99. The molecule has 1 aliphatic rings. The highest BCUT2D eigenvalue weighted by molar-refractivity contribution is 5.96. The van der Waals surface area contributed by atoms with Crippen LogP contribution in [0.2, 0.25) is 0 Å². The van der Waals surface area contributed by atoms with E-state index in [1.54, 1.807) is 13.8 Å². The smallest absolute Gasteiger partial charge is 0.259 e. The fourth-order valence-electron chi connectivity index (χ4n) is 3.33. The Morgan fingerprint density at radius 2 is 1.92 bits per heavy atom. The van der Waals surface area contributed by atoms with Gasteiger partial charge in [0.05, 0.1) is 5.69 Å². The maximum absolute atomic E-state index is 12.8. The van der Waals surface area contributed by atoms with Gasteiger partial charge in [-0.25, -0.2) is 0 Å². The summed E-state index contributed by atoms with van der Waals surface area (Å²) in [6, 6.07) is 0. The molecule has 136 valence electrons. The summed E-state index contributed by atoms with van der Waals surface area (Å²) in [4.78, 5) is 19.0.